The monoisotopic (exact) mass is 180 g/mol. The summed E-state index contributed by atoms with van der Waals surface area (Å²) in [6.07, 6.45) is 0. The maximum Gasteiger partial charge on any atom is 4.00 e. The summed E-state index contributed by atoms with van der Waals surface area (Å²) in [6, 6.07) is 0. The van der Waals surface area contributed by atoms with Crippen LogP contribution >= 0.6 is 7.82 Å². The van der Waals surface area contributed by atoms with Crippen LogP contribution in [0.5, 0.6) is 0 Å². The second-order valence-electron chi connectivity index (χ2n) is 0.447. The molecule has 0 saturated heterocycles. The van der Waals surface area contributed by atoms with Crippen LogP contribution in [-0.2, 0) is 4.57 Å². The van der Waals surface area contributed by atoms with Gasteiger partial charge in [0.05, 0.1) is 0 Å². The molecule has 0 rings (SSSR count). The summed E-state index contributed by atoms with van der Waals surface area (Å²) in [5.74, 6) is 0. The third-order valence-electron chi connectivity index (χ3n) is 0. The third-order valence-corrected chi connectivity index (χ3v) is 0. The molecule has 0 heterocycles. The molecule has 0 aliphatic rings. The van der Waals surface area contributed by atoms with Crippen LogP contribution in [0, 0.1) is 0 Å². The van der Waals surface area contributed by atoms with Gasteiger partial charge in [0.25, 0.3) is 0 Å². The molecule has 0 aliphatic carbocycles. The Morgan fingerprint density at radius 2 is 1.12 bits per heavy atom. The number of phosphoric acid groups is 1. The van der Waals surface area contributed by atoms with E-state index in [1.54, 1.807) is 0 Å². The minimum absolute atomic E-state index is 0. The van der Waals surface area contributed by atoms with Crippen molar-refractivity contribution < 1.29 is 24.7 Å². The predicted molar refractivity (Wildman–Crippen MR) is 21.1 cm³/mol. The summed E-state index contributed by atoms with van der Waals surface area (Å²) in [6.45, 7) is 0. The van der Waals surface area contributed by atoms with Crippen molar-refractivity contribution in [2.75, 3.05) is 0 Å². The average molecular weight is 180 g/mol. The van der Waals surface area contributed by atoms with Crippen molar-refractivity contribution in [2.45, 2.75) is 0 Å². The summed E-state index contributed by atoms with van der Waals surface area (Å²) in [4.78, 5) is 25.6. The molecule has 0 unspecified atom stereocenters. The normalized spacial score (nSPS) is 7.38. The Hall–Kier alpha value is 1.55. The Labute approximate surface area is 80.7 Å². The Morgan fingerprint density at radius 1 is 1.12 bits per heavy atom. The van der Waals surface area contributed by atoms with Gasteiger partial charge in [-0.05, 0) is 0 Å². The zero-order chi connectivity index (χ0) is 4.50. The first kappa shape index (κ1) is 22.7. The van der Waals surface area contributed by atoms with E-state index in [9.17, 15) is 0 Å². The maximum atomic E-state index is 8.55. The van der Waals surface area contributed by atoms with Gasteiger partial charge in [0, 0.05) is 0 Å². The molecule has 0 spiro atoms. The Balaban J connectivity index is -0.0000000267. The van der Waals surface area contributed by atoms with Crippen LogP contribution in [0.2, 0.25) is 0 Å². The minimum Gasteiger partial charge on any atom is -0.870 e. The Bertz CT molecular complexity index is 58.6. The van der Waals surface area contributed by atoms with Crippen molar-refractivity contribution in [3.05, 3.63) is 0 Å². The zero-order valence-corrected chi connectivity index (χ0v) is 7.84. The first-order valence-corrected chi connectivity index (χ1v) is 2.19. The maximum absolute atomic E-state index is 8.55. The van der Waals surface area contributed by atoms with E-state index in [4.69, 9.17) is 19.2 Å². The molecule has 0 amide bonds. The van der Waals surface area contributed by atoms with Crippen LogP contribution in [0.4, 0.5) is 0 Å². The van der Waals surface area contributed by atoms with Crippen LogP contribution in [0.1, 0.15) is 0 Å². The van der Waals surface area contributed by atoms with Crippen LogP contribution < -0.4 is 14.7 Å². The minimum atomic E-state index is -5.39. The van der Waals surface area contributed by atoms with Gasteiger partial charge in [-0.25, -0.2) is 0 Å². The van der Waals surface area contributed by atoms with E-state index < -0.39 is 7.82 Å². The number of rotatable bonds is 0. The fraction of sp³-hybridized carbons (Fsp3) is 0. The van der Waals surface area contributed by atoms with Gasteiger partial charge in [-0.3, -0.25) is 0 Å². The summed E-state index contributed by atoms with van der Waals surface area (Å²) in [7, 11) is -5.39. The van der Waals surface area contributed by atoms with Crippen LogP contribution in [0.15, 0.2) is 0 Å². The van der Waals surface area contributed by atoms with Gasteiger partial charge in [-0.15, -0.1) is 0 Å². The Morgan fingerprint density at radius 3 is 1.12 bits per heavy atom. The summed E-state index contributed by atoms with van der Waals surface area (Å²) >= 11 is 0. The number of hydrogen-bond acceptors (Lipinski definition) is 5. The fourth-order valence-corrected chi connectivity index (χ4v) is 0. The van der Waals surface area contributed by atoms with Crippen molar-refractivity contribution >= 4 is 56.5 Å². The first-order valence-electron chi connectivity index (χ1n) is 0.730. The van der Waals surface area contributed by atoms with E-state index in [1.165, 1.54) is 0 Å². The van der Waals surface area contributed by atoms with Gasteiger partial charge in [0.15, 0.2) is 0 Å². The third kappa shape index (κ3) is 135. The molecule has 0 radical (unpaired) electrons. The van der Waals surface area contributed by atoms with Gasteiger partial charge in [-0.2, -0.15) is 7.82 Å². The van der Waals surface area contributed by atoms with Crippen molar-refractivity contribution in [3.8, 4) is 0 Å². The average Bonchev–Trinajstić information content (AvgIpc) is 0.722. The summed E-state index contributed by atoms with van der Waals surface area (Å²) in [5, 5.41) is 0. The number of hydrogen-bond donors (Lipinski definition) is 0. The van der Waals surface area contributed by atoms with Crippen molar-refractivity contribution in [1.82, 2.24) is 0 Å². The molecular formula is HCaO5PSi+2. The molecule has 0 atom stereocenters. The van der Waals surface area contributed by atoms with E-state index in [-0.39, 0.29) is 54.2 Å². The van der Waals surface area contributed by atoms with Gasteiger partial charge >= 0.3 is 48.7 Å². The molecule has 0 aromatic heterocycles. The first-order chi connectivity index (χ1) is 2.00. The van der Waals surface area contributed by atoms with E-state index in [0.29, 0.717) is 0 Å². The van der Waals surface area contributed by atoms with Crippen LogP contribution in [-0.4, -0.2) is 54.2 Å². The van der Waals surface area contributed by atoms with Gasteiger partial charge < -0.3 is 24.7 Å². The molecule has 8 heavy (non-hydrogen) atoms. The van der Waals surface area contributed by atoms with Crippen molar-refractivity contribution in [2.24, 2.45) is 0 Å². The molecule has 8 heteroatoms. The molecule has 0 saturated carbocycles. The van der Waals surface area contributed by atoms with Gasteiger partial charge in [-0.1, -0.05) is 0 Å². The Kier molecular flexibility index (Phi) is 24.2. The van der Waals surface area contributed by atoms with Crippen LogP contribution in [0.25, 0.3) is 0 Å². The van der Waals surface area contributed by atoms with E-state index in [2.05, 4.69) is 0 Å². The largest absolute Gasteiger partial charge is 4.00 e. The van der Waals surface area contributed by atoms with E-state index in [0.717, 1.165) is 0 Å². The summed E-state index contributed by atoms with van der Waals surface area (Å²) in [5.41, 5.74) is 0. The second kappa shape index (κ2) is 8.55. The molecule has 40 valence electrons. The quantitative estimate of drug-likeness (QED) is 0.280. The molecule has 1 N–H and O–H groups in total. The molecule has 0 aliphatic heterocycles. The molecule has 5 nitrogen and oxygen atoms in total. The van der Waals surface area contributed by atoms with E-state index >= 15 is 0 Å². The van der Waals surface area contributed by atoms with Gasteiger partial charge in [0.2, 0.25) is 0 Å². The topological polar surface area (TPSA) is 116 Å². The van der Waals surface area contributed by atoms with Crippen LogP contribution in [0.3, 0.4) is 0 Å². The van der Waals surface area contributed by atoms with Gasteiger partial charge in [0.1, 0.15) is 0 Å². The standard InChI is InChI=1S/Ca.H3O4P.H2O.Si/c;1-5(2,3)4;;/h;(H3,1,2,3,4);1H2;/q+2;;;+4/p-4. The molecule has 0 aromatic rings. The van der Waals surface area contributed by atoms with E-state index in [1.807, 2.05) is 0 Å². The van der Waals surface area contributed by atoms with Crippen molar-refractivity contribution in [3.63, 3.8) is 0 Å². The second-order valence-corrected chi connectivity index (χ2v) is 1.34. The zero-order valence-electron chi connectivity index (χ0n) is 3.73. The smallest absolute Gasteiger partial charge is 0.870 e. The van der Waals surface area contributed by atoms with Crippen molar-refractivity contribution in [1.29, 1.82) is 0 Å². The fourth-order valence-electron chi connectivity index (χ4n) is 0. The summed E-state index contributed by atoms with van der Waals surface area (Å²) < 4.78 is 8.55. The molecule has 0 fully saturated rings. The molecule has 0 aromatic carbocycles. The SMILES string of the molecule is O=P([O-])([O-])[O-].[Ca+2].[OH-].[Si+4]. The molecular weight excluding hydrogens is 179 g/mol. The predicted octanol–water partition coefficient (Wildman–Crippen LogP) is -3.76. The molecule has 0 bridgehead atoms.